The molecule has 0 radical (unpaired) electrons. The number of H-pyrrole nitrogens is 1. The average Bonchev–Trinajstić information content (AvgIpc) is 3.00. The van der Waals surface area contributed by atoms with Gasteiger partial charge in [-0.15, -0.1) is 0 Å². The third-order valence-corrected chi connectivity index (χ3v) is 3.82. The van der Waals surface area contributed by atoms with Crippen molar-refractivity contribution in [3.63, 3.8) is 0 Å². The van der Waals surface area contributed by atoms with Crippen LogP contribution in [0.4, 0.5) is 11.6 Å². The fourth-order valence-electron chi connectivity index (χ4n) is 2.58. The molecular formula is C18H24N6O. The van der Waals surface area contributed by atoms with Crippen molar-refractivity contribution < 1.29 is 0 Å². The second-order valence-corrected chi connectivity index (χ2v) is 6.95. The molecule has 132 valence electrons. The predicted octanol–water partition coefficient (Wildman–Crippen LogP) is 2.79. The van der Waals surface area contributed by atoms with E-state index in [9.17, 15) is 4.79 Å². The second kappa shape index (κ2) is 6.96. The lowest BCUT2D eigenvalue weighted by Crippen LogP contribution is -2.24. The van der Waals surface area contributed by atoms with Gasteiger partial charge in [0.2, 0.25) is 5.95 Å². The average molecular weight is 340 g/mol. The van der Waals surface area contributed by atoms with E-state index >= 15 is 0 Å². The first-order valence-corrected chi connectivity index (χ1v) is 8.46. The molecule has 0 fully saturated rings. The van der Waals surface area contributed by atoms with Gasteiger partial charge in [0.1, 0.15) is 5.39 Å². The first kappa shape index (κ1) is 17.0. The van der Waals surface area contributed by atoms with Crippen molar-refractivity contribution in [3.8, 4) is 0 Å². The minimum Gasteiger partial charge on any atom is -0.385 e. The summed E-state index contributed by atoms with van der Waals surface area (Å²) >= 11 is 0. The van der Waals surface area contributed by atoms with E-state index in [2.05, 4.69) is 25.7 Å². The Labute approximate surface area is 146 Å². The molecule has 3 N–H and O–H groups in total. The van der Waals surface area contributed by atoms with Crippen molar-refractivity contribution in [1.29, 1.82) is 0 Å². The third kappa shape index (κ3) is 3.99. The van der Waals surface area contributed by atoms with Crippen LogP contribution in [-0.4, -0.2) is 32.8 Å². The molecule has 0 saturated carbocycles. The zero-order valence-corrected chi connectivity index (χ0v) is 14.8. The van der Waals surface area contributed by atoms with Gasteiger partial charge in [-0.2, -0.15) is 10.1 Å². The minimum atomic E-state index is -0.237. The Hall–Kier alpha value is -2.83. The molecule has 0 aliphatic rings. The van der Waals surface area contributed by atoms with Gasteiger partial charge in [-0.3, -0.25) is 9.78 Å². The van der Waals surface area contributed by atoms with Crippen LogP contribution in [-0.2, 0) is 5.54 Å². The van der Waals surface area contributed by atoms with E-state index in [4.69, 9.17) is 0 Å². The number of fused-ring (bicyclic) bond motifs is 1. The van der Waals surface area contributed by atoms with Crippen molar-refractivity contribution in [2.45, 2.75) is 32.7 Å². The minimum absolute atomic E-state index is 0.176. The molecule has 0 aliphatic heterocycles. The maximum Gasteiger partial charge on any atom is 0.263 e. The molecule has 0 aliphatic carbocycles. The standard InChI is InChI=1S/C18H24N6O/c1-18(2,3)24-15-14(12-21-24)16(25)23-17(22-15)20-11-7-10-19-13-8-5-4-6-9-13/h4-6,8-9,12,19H,7,10-11H2,1-3H3,(H2,20,22,23,25). The van der Waals surface area contributed by atoms with E-state index < -0.39 is 0 Å². The highest BCUT2D eigenvalue weighted by Gasteiger charge is 2.19. The summed E-state index contributed by atoms with van der Waals surface area (Å²) < 4.78 is 1.78. The Morgan fingerprint density at radius 1 is 1.12 bits per heavy atom. The molecule has 1 aromatic carbocycles. The summed E-state index contributed by atoms with van der Waals surface area (Å²) in [6.45, 7) is 7.64. The van der Waals surface area contributed by atoms with Crippen LogP contribution >= 0.6 is 0 Å². The van der Waals surface area contributed by atoms with Crippen LogP contribution in [0.2, 0.25) is 0 Å². The number of hydrogen-bond acceptors (Lipinski definition) is 5. The monoisotopic (exact) mass is 340 g/mol. The number of benzene rings is 1. The van der Waals surface area contributed by atoms with Crippen molar-refractivity contribution in [1.82, 2.24) is 19.7 Å². The molecule has 0 unspecified atom stereocenters. The van der Waals surface area contributed by atoms with Gasteiger partial charge in [0, 0.05) is 18.8 Å². The maximum absolute atomic E-state index is 12.2. The topological polar surface area (TPSA) is 87.6 Å². The molecule has 2 aromatic heterocycles. The Bertz CT molecular complexity index is 891. The third-order valence-electron chi connectivity index (χ3n) is 3.82. The molecule has 3 aromatic rings. The number of nitrogens with zero attached hydrogens (tertiary/aromatic N) is 3. The molecule has 25 heavy (non-hydrogen) atoms. The van der Waals surface area contributed by atoms with Gasteiger partial charge in [-0.25, -0.2) is 4.68 Å². The van der Waals surface area contributed by atoms with Crippen LogP contribution in [0.3, 0.4) is 0 Å². The molecule has 0 atom stereocenters. The van der Waals surface area contributed by atoms with E-state index in [0.29, 0.717) is 23.5 Å². The van der Waals surface area contributed by atoms with Crippen molar-refractivity contribution >= 4 is 22.7 Å². The predicted molar refractivity (Wildman–Crippen MR) is 101 cm³/mol. The van der Waals surface area contributed by atoms with Gasteiger partial charge in [-0.05, 0) is 39.3 Å². The lowest BCUT2D eigenvalue weighted by atomic mass is 10.1. The molecule has 2 heterocycles. The summed E-state index contributed by atoms with van der Waals surface area (Å²) in [4.78, 5) is 19.5. The molecule has 0 amide bonds. The number of aromatic nitrogens is 4. The normalized spacial score (nSPS) is 11.6. The SMILES string of the molecule is CC(C)(C)n1ncc2c(=O)[nH]c(NCCCNc3ccccc3)nc21. The molecule has 7 heteroatoms. The quantitative estimate of drug-likeness (QED) is 0.601. The van der Waals surface area contributed by atoms with Gasteiger partial charge < -0.3 is 10.6 Å². The first-order valence-electron chi connectivity index (χ1n) is 8.46. The smallest absolute Gasteiger partial charge is 0.263 e. The number of aromatic amines is 1. The molecule has 0 saturated heterocycles. The van der Waals surface area contributed by atoms with E-state index in [1.165, 1.54) is 0 Å². The molecule has 0 bridgehead atoms. The summed E-state index contributed by atoms with van der Waals surface area (Å²) in [5, 5.41) is 11.3. The summed E-state index contributed by atoms with van der Waals surface area (Å²) in [6.07, 6.45) is 2.47. The van der Waals surface area contributed by atoms with Crippen LogP contribution in [0.25, 0.3) is 11.0 Å². The molecule has 3 rings (SSSR count). The summed E-state index contributed by atoms with van der Waals surface area (Å²) in [5.41, 5.74) is 1.29. The number of anilines is 2. The zero-order valence-electron chi connectivity index (χ0n) is 14.8. The van der Waals surface area contributed by atoms with Crippen molar-refractivity contribution in [2.75, 3.05) is 23.7 Å². The van der Waals surface area contributed by atoms with E-state index in [1.807, 2.05) is 51.1 Å². The Morgan fingerprint density at radius 3 is 2.56 bits per heavy atom. The van der Waals surface area contributed by atoms with Crippen molar-refractivity contribution in [3.05, 3.63) is 46.9 Å². The Balaban J connectivity index is 1.63. The highest BCUT2D eigenvalue weighted by atomic mass is 16.1. The number of hydrogen-bond donors (Lipinski definition) is 3. The van der Waals surface area contributed by atoms with Crippen LogP contribution < -0.4 is 16.2 Å². The zero-order chi connectivity index (χ0) is 17.9. The fourth-order valence-corrected chi connectivity index (χ4v) is 2.58. The molecule has 7 nitrogen and oxygen atoms in total. The number of rotatable bonds is 6. The molecule has 0 spiro atoms. The van der Waals surface area contributed by atoms with E-state index in [-0.39, 0.29) is 11.1 Å². The van der Waals surface area contributed by atoms with Gasteiger partial charge >= 0.3 is 0 Å². The summed E-state index contributed by atoms with van der Waals surface area (Å²) in [5.74, 6) is 0.475. The maximum atomic E-state index is 12.2. The van der Waals surface area contributed by atoms with E-state index in [0.717, 1.165) is 18.7 Å². The van der Waals surface area contributed by atoms with E-state index in [1.54, 1.807) is 10.9 Å². The summed E-state index contributed by atoms with van der Waals surface area (Å²) in [7, 11) is 0. The van der Waals surface area contributed by atoms with Gasteiger partial charge in [0.05, 0.1) is 11.7 Å². The lowest BCUT2D eigenvalue weighted by Gasteiger charge is -2.19. The summed E-state index contributed by atoms with van der Waals surface area (Å²) in [6, 6.07) is 10.1. The van der Waals surface area contributed by atoms with Crippen LogP contribution in [0.5, 0.6) is 0 Å². The largest absolute Gasteiger partial charge is 0.385 e. The lowest BCUT2D eigenvalue weighted by molar-refractivity contribution is 0.366. The van der Waals surface area contributed by atoms with Crippen LogP contribution in [0, 0.1) is 0 Å². The Kier molecular flexibility index (Phi) is 4.74. The first-order chi connectivity index (χ1) is 11.9. The number of para-hydroxylation sites is 1. The second-order valence-electron chi connectivity index (χ2n) is 6.95. The van der Waals surface area contributed by atoms with Gasteiger partial charge in [0.25, 0.3) is 5.56 Å². The van der Waals surface area contributed by atoms with Crippen molar-refractivity contribution in [2.24, 2.45) is 0 Å². The van der Waals surface area contributed by atoms with Crippen LogP contribution in [0.1, 0.15) is 27.2 Å². The molecular weight excluding hydrogens is 316 g/mol. The van der Waals surface area contributed by atoms with Gasteiger partial charge in [-0.1, -0.05) is 18.2 Å². The highest BCUT2D eigenvalue weighted by Crippen LogP contribution is 2.18. The number of nitrogens with one attached hydrogen (secondary N) is 3. The Morgan fingerprint density at radius 2 is 1.84 bits per heavy atom. The fraction of sp³-hybridized carbons (Fsp3) is 0.389. The highest BCUT2D eigenvalue weighted by molar-refractivity contribution is 5.74. The van der Waals surface area contributed by atoms with Gasteiger partial charge in [0.15, 0.2) is 5.65 Å². The van der Waals surface area contributed by atoms with Crippen LogP contribution in [0.15, 0.2) is 41.3 Å².